The first-order chi connectivity index (χ1) is 7.28. The van der Waals surface area contributed by atoms with Crippen LogP contribution in [0.25, 0.3) is 0 Å². The van der Waals surface area contributed by atoms with Gasteiger partial charge in [-0.15, -0.1) is 5.10 Å². The summed E-state index contributed by atoms with van der Waals surface area (Å²) in [5, 5.41) is 8.99. The average Bonchev–Trinajstić information content (AvgIpc) is 2.69. The van der Waals surface area contributed by atoms with Crippen molar-refractivity contribution in [2.45, 2.75) is 6.54 Å². The van der Waals surface area contributed by atoms with Crippen molar-refractivity contribution in [2.75, 3.05) is 0 Å². The Morgan fingerprint density at radius 3 is 2.60 bits per heavy atom. The maximum Gasteiger partial charge on any atom is 0.299 e. The largest absolute Gasteiger partial charge is 0.430 e. The summed E-state index contributed by atoms with van der Waals surface area (Å²) >= 11 is 4.70. The monoisotopic (exact) mass is 285 g/mol. The fraction of sp³-hybridized carbons (Fsp3) is 0.111. The predicted octanol–water partition coefficient (Wildman–Crippen LogP) is 2.55. The molecule has 4 nitrogen and oxygen atoms in total. The van der Waals surface area contributed by atoms with E-state index in [9.17, 15) is 0 Å². The molecule has 0 atom stereocenters. The average molecular weight is 286 g/mol. The van der Waals surface area contributed by atoms with E-state index in [1.165, 1.54) is 11.3 Å². The van der Waals surface area contributed by atoms with E-state index in [-0.39, 0.29) is 0 Å². The van der Waals surface area contributed by atoms with Crippen LogP contribution in [-0.4, -0.2) is 10.2 Å². The van der Waals surface area contributed by atoms with E-state index in [0.717, 1.165) is 15.2 Å². The van der Waals surface area contributed by atoms with Gasteiger partial charge in [0, 0.05) is 11.0 Å². The van der Waals surface area contributed by atoms with Gasteiger partial charge in [0.25, 0.3) is 5.19 Å². The van der Waals surface area contributed by atoms with E-state index < -0.39 is 0 Å². The van der Waals surface area contributed by atoms with Gasteiger partial charge < -0.3 is 10.5 Å². The zero-order valence-corrected chi connectivity index (χ0v) is 10.1. The van der Waals surface area contributed by atoms with Gasteiger partial charge in [0.15, 0.2) is 0 Å². The van der Waals surface area contributed by atoms with Gasteiger partial charge in [-0.3, -0.25) is 0 Å². The lowest BCUT2D eigenvalue weighted by Crippen LogP contribution is -1.94. The van der Waals surface area contributed by atoms with Crippen molar-refractivity contribution < 1.29 is 4.74 Å². The maximum atomic E-state index is 5.48. The van der Waals surface area contributed by atoms with Crippen molar-refractivity contribution >= 4 is 27.3 Å². The fourth-order valence-corrected chi connectivity index (χ4v) is 1.82. The van der Waals surface area contributed by atoms with Crippen molar-refractivity contribution in [1.29, 1.82) is 0 Å². The minimum atomic E-state index is 0.390. The molecule has 0 spiro atoms. The van der Waals surface area contributed by atoms with Crippen LogP contribution in [0.2, 0.25) is 0 Å². The number of benzene rings is 1. The number of hydrogen-bond acceptors (Lipinski definition) is 5. The molecule has 0 amide bonds. The Morgan fingerprint density at radius 2 is 2.00 bits per heavy atom. The van der Waals surface area contributed by atoms with E-state index in [0.29, 0.717) is 11.7 Å². The van der Waals surface area contributed by atoms with Crippen molar-refractivity contribution in [3.05, 3.63) is 33.7 Å². The molecule has 0 radical (unpaired) electrons. The lowest BCUT2D eigenvalue weighted by atomic mass is 10.3. The molecular weight excluding hydrogens is 278 g/mol. The van der Waals surface area contributed by atoms with E-state index in [2.05, 4.69) is 26.1 Å². The van der Waals surface area contributed by atoms with Crippen LogP contribution in [-0.2, 0) is 6.54 Å². The zero-order valence-electron chi connectivity index (χ0n) is 7.68. The molecule has 1 aromatic carbocycles. The highest BCUT2D eigenvalue weighted by atomic mass is 79.9. The molecule has 15 heavy (non-hydrogen) atoms. The summed E-state index contributed by atoms with van der Waals surface area (Å²) in [5.41, 5.74) is 5.42. The second kappa shape index (κ2) is 4.69. The van der Waals surface area contributed by atoms with Crippen LogP contribution in [0.1, 0.15) is 5.01 Å². The van der Waals surface area contributed by atoms with Gasteiger partial charge in [0.05, 0.1) is 0 Å². The number of ether oxygens (including phenoxy) is 1. The summed E-state index contributed by atoms with van der Waals surface area (Å²) in [5.74, 6) is 0.734. The lowest BCUT2D eigenvalue weighted by molar-refractivity contribution is 0.473. The number of nitrogens with two attached hydrogens (primary N) is 1. The first-order valence-corrected chi connectivity index (χ1v) is 5.85. The van der Waals surface area contributed by atoms with Gasteiger partial charge >= 0.3 is 0 Å². The highest BCUT2D eigenvalue weighted by molar-refractivity contribution is 9.10. The third kappa shape index (κ3) is 2.74. The Bertz CT molecular complexity index is 443. The molecular formula is C9H8BrN3OS. The molecule has 0 saturated heterocycles. The second-order valence-electron chi connectivity index (χ2n) is 2.72. The molecule has 0 bridgehead atoms. The molecule has 0 saturated carbocycles. The van der Waals surface area contributed by atoms with E-state index in [4.69, 9.17) is 10.5 Å². The molecule has 0 aliphatic carbocycles. The summed E-state index contributed by atoms with van der Waals surface area (Å²) in [4.78, 5) is 0. The van der Waals surface area contributed by atoms with Crippen LogP contribution < -0.4 is 10.5 Å². The topological polar surface area (TPSA) is 61.0 Å². The third-order valence-electron chi connectivity index (χ3n) is 1.64. The van der Waals surface area contributed by atoms with Crippen molar-refractivity contribution in [3.63, 3.8) is 0 Å². The molecule has 2 rings (SSSR count). The third-order valence-corrected chi connectivity index (χ3v) is 2.99. The van der Waals surface area contributed by atoms with Crippen molar-refractivity contribution in [2.24, 2.45) is 5.73 Å². The Morgan fingerprint density at radius 1 is 1.27 bits per heavy atom. The summed E-state index contributed by atoms with van der Waals surface area (Å²) in [6.45, 7) is 0.390. The number of aromatic nitrogens is 2. The highest BCUT2D eigenvalue weighted by Crippen LogP contribution is 2.25. The Labute approximate surface area is 99.2 Å². The standard InChI is InChI=1S/C9H8BrN3OS/c10-6-1-3-7(4-2-6)14-9-13-12-8(5-11)15-9/h1-4H,5,11H2. The Kier molecular flexibility index (Phi) is 3.30. The van der Waals surface area contributed by atoms with Gasteiger partial charge in [-0.2, -0.15) is 0 Å². The van der Waals surface area contributed by atoms with Gasteiger partial charge in [-0.1, -0.05) is 32.4 Å². The van der Waals surface area contributed by atoms with Crippen LogP contribution >= 0.6 is 27.3 Å². The molecule has 0 aliphatic heterocycles. The molecule has 0 aliphatic rings. The predicted molar refractivity (Wildman–Crippen MR) is 62.0 cm³/mol. The summed E-state index contributed by atoms with van der Waals surface area (Å²) in [6.07, 6.45) is 0. The Hall–Kier alpha value is -0.980. The van der Waals surface area contributed by atoms with Crippen LogP contribution in [0.5, 0.6) is 10.9 Å². The molecule has 6 heteroatoms. The molecule has 0 unspecified atom stereocenters. The number of halogens is 1. The molecule has 1 aromatic heterocycles. The summed E-state index contributed by atoms with van der Waals surface area (Å²) in [7, 11) is 0. The smallest absolute Gasteiger partial charge is 0.299 e. The lowest BCUT2D eigenvalue weighted by Gasteiger charge is -1.99. The van der Waals surface area contributed by atoms with Crippen LogP contribution in [0.3, 0.4) is 0 Å². The molecule has 2 N–H and O–H groups in total. The van der Waals surface area contributed by atoms with Crippen molar-refractivity contribution in [3.8, 4) is 10.9 Å². The SMILES string of the molecule is NCc1nnc(Oc2ccc(Br)cc2)s1. The summed E-state index contributed by atoms with van der Waals surface area (Å²) < 4.78 is 6.49. The van der Waals surface area contributed by atoms with Gasteiger partial charge in [-0.25, -0.2) is 0 Å². The van der Waals surface area contributed by atoms with Gasteiger partial charge in [0.1, 0.15) is 10.8 Å². The van der Waals surface area contributed by atoms with E-state index in [1.54, 1.807) is 0 Å². The normalized spacial score (nSPS) is 10.3. The van der Waals surface area contributed by atoms with Gasteiger partial charge in [-0.05, 0) is 24.3 Å². The zero-order chi connectivity index (χ0) is 10.7. The van der Waals surface area contributed by atoms with Gasteiger partial charge in [0.2, 0.25) is 0 Å². The van der Waals surface area contributed by atoms with E-state index in [1.807, 2.05) is 24.3 Å². The molecule has 0 fully saturated rings. The van der Waals surface area contributed by atoms with Crippen LogP contribution in [0.15, 0.2) is 28.7 Å². The first kappa shape index (κ1) is 10.5. The highest BCUT2D eigenvalue weighted by Gasteiger charge is 2.04. The minimum absolute atomic E-state index is 0.390. The molecule has 78 valence electrons. The molecule has 1 heterocycles. The van der Waals surface area contributed by atoms with Crippen LogP contribution in [0.4, 0.5) is 0 Å². The number of hydrogen-bond donors (Lipinski definition) is 1. The quantitative estimate of drug-likeness (QED) is 0.942. The van der Waals surface area contributed by atoms with Crippen LogP contribution in [0, 0.1) is 0 Å². The van der Waals surface area contributed by atoms with Crippen molar-refractivity contribution in [1.82, 2.24) is 10.2 Å². The fourth-order valence-electron chi connectivity index (χ4n) is 0.965. The summed E-state index contributed by atoms with van der Waals surface area (Å²) in [6, 6.07) is 7.52. The Balaban J connectivity index is 2.11. The number of rotatable bonds is 3. The maximum absolute atomic E-state index is 5.48. The molecule has 2 aromatic rings. The first-order valence-electron chi connectivity index (χ1n) is 4.24. The second-order valence-corrected chi connectivity index (χ2v) is 4.66. The minimum Gasteiger partial charge on any atom is -0.430 e. The van der Waals surface area contributed by atoms with E-state index >= 15 is 0 Å². The number of nitrogens with zero attached hydrogens (tertiary/aromatic N) is 2.